The van der Waals surface area contributed by atoms with Gasteiger partial charge in [-0.05, 0) is 32.6 Å². The summed E-state index contributed by atoms with van der Waals surface area (Å²) in [5.41, 5.74) is -0.0833. The van der Waals surface area contributed by atoms with Gasteiger partial charge in [-0.1, -0.05) is 13.8 Å². The normalized spacial score (nSPS) is 43.3. The second kappa shape index (κ2) is 7.38. The van der Waals surface area contributed by atoms with Crippen molar-refractivity contribution in [3.05, 3.63) is 0 Å². The molecule has 6 atom stereocenters. The fourth-order valence-corrected chi connectivity index (χ4v) is 3.66. The van der Waals surface area contributed by atoms with Crippen molar-refractivity contribution in [2.75, 3.05) is 19.8 Å². The van der Waals surface area contributed by atoms with Crippen molar-refractivity contribution in [1.82, 2.24) is 0 Å². The van der Waals surface area contributed by atoms with E-state index in [4.69, 9.17) is 14.2 Å². The van der Waals surface area contributed by atoms with Crippen LogP contribution in [0, 0.1) is 11.3 Å². The minimum atomic E-state index is -0.319. The molecule has 0 saturated carbocycles. The van der Waals surface area contributed by atoms with Crippen LogP contribution in [-0.4, -0.2) is 54.6 Å². The van der Waals surface area contributed by atoms with Crippen molar-refractivity contribution in [2.45, 2.75) is 71.1 Å². The van der Waals surface area contributed by atoms with Crippen LogP contribution in [0.4, 0.5) is 0 Å². The molecule has 124 valence electrons. The monoisotopic (exact) mass is 302 g/mol. The van der Waals surface area contributed by atoms with Gasteiger partial charge in [0.2, 0.25) is 0 Å². The van der Waals surface area contributed by atoms with E-state index < -0.39 is 0 Å². The lowest BCUT2D eigenvalue weighted by Crippen LogP contribution is -2.35. The maximum Gasteiger partial charge on any atom is 0.165 e. The Labute approximate surface area is 127 Å². The van der Waals surface area contributed by atoms with Crippen LogP contribution in [0.3, 0.4) is 0 Å². The maximum absolute atomic E-state index is 9.64. The second-order valence-corrected chi connectivity index (χ2v) is 6.39. The van der Waals surface area contributed by atoms with Crippen LogP contribution in [0.5, 0.6) is 0 Å². The summed E-state index contributed by atoms with van der Waals surface area (Å²) in [5.74, 6) is 0.380. The summed E-state index contributed by atoms with van der Waals surface area (Å²) in [5, 5.41) is 19.1. The van der Waals surface area contributed by atoms with E-state index in [1.165, 1.54) is 0 Å². The van der Waals surface area contributed by atoms with Gasteiger partial charge in [0.15, 0.2) is 6.29 Å². The number of hydrogen-bond donors (Lipinski definition) is 2. The largest absolute Gasteiger partial charge is 0.393 e. The van der Waals surface area contributed by atoms with E-state index in [1.54, 1.807) is 0 Å². The molecule has 5 heteroatoms. The molecule has 3 heterocycles. The lowest BCUT2D eigenvalue weighted by Gasteiger charge is -2.26. The van der Waals surface area contributed by atoms with Crippen LogP contribution in [0.1, 0.15) is 46.5 Å². The lowest BCUT2D eigenvalue weighted by molar-refractivity contribution is -0.112. The van der Waals surface area contributed by atoms with Crippen LogP contribution >= 0.6 is 0 Å². The van der Waals surface area contributed by atoms with Gasteiger partial charge in [0.05, 0.1) is 36.9 Å². The van der Waals surface area contributed by atoms with E-state index in [0.717, 1.165) is 38.9 Å². The number of aliphatic hydroxyl groups excluding tert-OH is 2. The highest BCUT2D eigenvalue weighted by molar-refractivity contribution is 4.96. The predicted molar refractivity (Wildman–Crippen MR) is 78.9 cm³/mol. The molecule has 0 aromatic heterocycles. The van der Waals surface area contributed by atoms with Gasteiger partial charge in [-0.15, -0.1) is 0 Å². The minimum Gasteiger partial charge on any atom is -0.393 e. The fraction of sp³-hybridized carbons (Fsp3) is 1.00. The maximum atomic E-state index is 9.64. The van der Waals surface area contributed by atoms with Crippen LogP contribution in [0.25, 0.3) is 0 Å². The molecule has 0 spiro atoms. The van der Waals surface area contributed by atoms with Crippen molar-refractivity contribution in [1.29, 1.82) is 0 Å². The Morgan fingerprint density at radius 3 is 2.48 bits per heavy atom. The first kappa shape index (κ1) is 17.2. The quantitative estimate of drug-likeness (QED) is 0.830. The minimum absolute atomic E-state index is 0.0833. The standard InChI is InChI=1S/C8H14O3.C8H16O2/c1-2-8-3-4-10-7(8)11-5-6(8)9;1-3-8(9)7-4-5-10-6(7)2/h6-7,9H,2-5H2,1H3;6-9H,3-5H2,1-2H3/t6-,7+,8-;6-,7-,8+/m00/s1. The Morgan fingerprint density at radius 1 is 1.19 bits per heavy atom. The molecular formula is C16H30O5. The number of rotatable bonds is 3. The highest BCUT2D eigenvalue weighted by Crippen LogP contribution is 2.46. The third kappa shape index (κ3) is 3.42. The molecule has 5 nitrogen and oxygen atoms in total. The zero-order valence-corrected chi connectivity index (χ0v) is 13.5. The van der Waals surface area contributed by atoms with E-state index in [0.29, 0.717) is 12.5 Å². The third-order valence-electron chi connectivity index (χ3n) is 5.38. The molecule has 21 heavy (non-hydrogen) atoms. The van der Waals surface area contributed by atoms with E-state index >= 15 is 0 Å². The molecule has 3 saturated heterocycles. The van der Waals surface area contributed by atoms with Gasteiger partial charge in [0.1, 0.15) is 0 Å². The molecule has 0 aromatic carbocycles. The smallest absolute Gasteiger partial charge is 0.165 e. The molecule has 3 rings (SSSR count). The van der Waals surface area contributed by atoms with Crippen molar-refractivity contribution in [2.24, 2.45) is 11.3 Å². The summed E-state index contributed by atoms with van der Waals surface area (Å²) >= 11 is 0. The topological polar surface area (TPSA) is 68.2 Å². The van der Waals surface area contributed by atoms with Crippen molar-refractivity contribution >= 4 is 0 Å². The Hall–Kier alpha value is -0.200. The number of aliphatic hydroxyl groups is 2. The van der Waals surface area contributed by atoms with E-state index in [2.05, 4.69) is 6.92 Å². The number of ether oxygens (including phenoxy) is 3. The van der Waals surface area contributed by atoms with E-state index in [9.17, 15) is 10.2 Å². The molecule has 3 fully saturated rings. The zero-order chi connectivity index (χ0) is 15.5. The highest BCUT2D eigenvalue weighted by Gasteiger charge is 2.53. The molecule has 3 aliphatic rings. The van der Waals surface area contributed by atoms with Crippen molar-refractivity contribution in [3.8, 4) is 0 Å². The molecular weight excluding hydrogens is 272 g/mol. The summed E-state index contributed by atoms with van der Waals surface area (Å²) in [6.45, 7) is 8.13. The van der Waals surface area contributed by atoms with Crippen LogP contribution < -0.4 is 0 Å². The Balaban J connectivity index is 0.000000155. The van der Waals surface area contributed by atoms with Crippen LogP contribution in [-0.2, 0) is 14.2 Å². The number of fused-ring (bicyclic) bond motifs is 1. The molecule has 0 aliphatic carbocycles. The van der Waals surface area contributed by atoms with Crippen LogP contribution in [0.15, 0.2) is 0 Å². The summed E-state index contributed by atoms with van der Waals surface area (Å²) in [6, 6.07) is 0. The highest BCUT2D eigenvalue weighted by atomic mass is 16.7. The third-order valence-corrected chi connectivity index (χ3v) is 5.38. The van der Waals surface area contributed by atoms with Crippen LogP contribution in [0.2, 0.25) is 0 Å². The number of hydrogen-bond acceptors (Lipinski definition) is 5. The molecule has 0 aromatic rings. The molecule has 0 bridgehead atoms. The first-order valence-corrected chi connectivity index (χ1v) is 8.26. The van der Waals surface area contributed by atoms with E-state index in [1.807, 2.05) is 13.8 Å². The summed E-state index contributed by atoms with van der Waals surface area (Å²) in [6.07, 6.45) is 3.40. The first-order chi connectivity index (χ1) is 10.0. The van der Waals surface area contributed by atoms with E-state index in [-0.39, 0.29) is 30.0 Å². The molecule has 3 aliphatic heterocycles. The lowest BCUT2D eigenvalue weighted by atomic mass is 9.79. The summed E-state index contributed by atoms with van der Waals surface area (Å²) in [7, 11) is 0. The van der Waals surface area contributed by atoms with Gasteiger partial charge >= 0.3 is 0 Å². The Bertz CT molecular complexity index is 324. The summed E-state index contributed by atoms with van der Waals surface area (Å²) < 4.78 is 16.0. The first-order valence-electron chi connectivity index (χ1n) is 8.26. The zero-order valence-electron chi connectivity index (χ0n) is 13.5. The summed E-state index contributed by atoms with van der Waals surface area (Å²) in [4.78, 5) is 0. The van der Waals surface area contributed by atoms with Gasteiger partial charge < -0.3 is 24.4 Å². The average Bonchev–Trinajstić information content (AvgIpc) is 3.16. The van der Waals surface area contributed by atoms with Gasteiger partial charge in [-0.3, -0.25) is 0 Å². The SMILES string of the molecule is CC[C@@H](O)[C@H]1CCO[C@H]1C.CC[C@@]12CCO[C@@H]1OC[C@@H]2O. The van der Waals surface area contributed by atoms with Gasteiger partial charge in [-0.2, -0.15) is 0 Å². The van der Waals surface area contributed by atoms with Crippen molar-refractivity contribution in [3.63, 3.8) is 0 Å². The fourth-order valence-electron chi connectivity index (χ4n) is 3.66. The van der Waals surface area contributed by atoms with Crippen molar-refractivity contribution < 1.29 is 24.4 Å². The average molecular weight is 302 g/mol. The predicted octanol–water partition coefficient (Wildman–Crippen LogP) is 1.70. The molecule has 0 radical (unpaired) electrons. The van der Waals surface area contributed by atoms with Gasteiger partial charge in [-0.25, -0.2) is 0 Å². The van der Waals surface area contributed by atoms with Gasteiger partial charge in [0.25, 0.3) is 0 Å². The molecule has 0 amide bonds. The van der Waals surface area contributed by atoms with Gasteiger partial charge in [0, 0.05) is 12.5 Å². The molecule has 0 unspecified atom stereocenters. The Morgan fingerprint density at radius 2 is 1.95 bits per heavy atom. The Kier molecular flexibility index (Phi) is 6.03. The second-order valence-electron chi connectivity index (χ2n) is 6.39. The molecule has 2 N–H and O–H groups in total.